The Balaban J connectivity index is 2.04. The lowest BCUT2D eigenvalue weighted by atomic mass is 9.78. The van der Waals surface area contributed by atoms with E-state index >= 15 is 0 Å². The second-order valence-electron chi connectivity index (χ2n) is 6.91. The van der Waals surface area contributed by atoms with Gasteiger partial charge in [-0.15, -0.1) is 0 Å². The highest BCUT2D eigenvalue weighted by molar-refractivity contribution is 5.41. The van der Waals surface area contributed by atoms with Crippen molar-refractivity contribution in [2.24, 2.45) is 0 Å². The molecular formula is C21H26F2O4. The Morgan fingerprint density at radius 1 is 0.741 bits per heavy atom. The van der Waals surface area contributed by atoms with Crippen LogP contribution in [0, 0.1) is 0 Å². The van der Waals surface area contributed by atoms with Crippen molar-refractivity contribution in [1.82, 2.24) is 0 Å². The second-order valence-corrected chi connectivity index (χ2v) is 6.91. The highest BCUT2D eigenvalue weighted by atomic mass is 19.1. The Morgan fingerprint density at radius 2 is 1.07 bits per heavy atom. The van der Waals surface area contributed by atoms with Crippen LogP contribution in [0.25, 0.3) is 0 Å². The molecular weight excluding hydrogens is 354 g/mol. The maximum Gasteiger partial charge on any atom is 0.119 e. The van der Waals surface area contributed by atoms with E-state index in [1.165, 1.54) is 0 Å². The Hall–Kier alpha value is -2.18. The fraction of sp³-hybridized carbons (Fsp3) is 0.429. The SMILES string of the molecule is CC(C)(c1ccc(OC[C@H](O)CF)cc1)c1ccc(OC[C@H](O)CF)cc1. The van der Waals surface area contributed by atoms with Crippen LogP contribution < -0.4 is 9.47 Å². The molecule has 2 rings (SSSR count). The predicted molar refractivity (Wildman–Crippen MR) is 100.0 cm³/mol. The summed E-state index contributed by atoms with van der Waals surface area (Å²) in [5.74, 6) is 1.13. The molecule has 0 aliphatic heterocycles. The molecule has 0 aliphatic carbocycles. The van der Waals surface area contributed by atoms with E-state index in [9.17, 15) is 19.0 Å². The van der Waals surface area contributed by atoms with Gasteiger partial charge in [0.15, 0.2) is 0 Å². The number of rotatable bonds is 10. The Labute approximate surface area is 158 Å². The van der Waals surface area contributed by atoms with E-state index in [-0.39, 0.29) is 18.6 Å². The first-order valence-corrected chi connectivity index (χ1v) is 8.81. The van der Waals surface area contributed by atoms with Crippen molar-refractivity contribution in [3.63, 3.8) is 0 Å². The quantitative estimate of drug-likeness (QED) is 0.663. The zero-order valence-corrected chi connectivity index (χ0v) is 15.6. The standard InChI is InChI=1S/C21H26F2O4/c1-21(2,15-3-7-19(8-4-15)26-13-17(24)11-22)16-5-9-20(10-6-16)27-14-18(25)12-23/h3-10,17-18,24-25H,11-14H2,1-2H3/t17-,18-/m1/s1. The predicted octanol–water partition coefficient (Wildman–Crippen LogP) is 3.43. The van der Waals surface area contributed by atoms with Crippen LogP contribution in [-0.4, -0.2) is 49.0 Å². The molecule has 2 atom stereocenters. The van der Waals surface area contributed by atoms with Crippen molar-refractivity contribution < 1.29 is 28.5 Å². The number of hydrogen-bond donors (Lipinski definition) is 2. The fourth-order valence-corrected chi connectivity index (χ4v) is 2.58. The van der Waals surface area contributed by atoms with Gasteiger partial charge in [-0.3, -0.25) is 0 Å². The van der Waals surface area contributed by atoms with Crippen LogP contribution in [0.3, 0.4) is 0 Å². The van der Waals surface area contributed by atoms with Gasteiger partial charge in [0, 0.05) is 5.41 Å². The highest BCUT2D eigenvalue weighted by Crippen LogP contribution is 2.33. The summed E-state index contributed by atoms with van der Waals surface area (Å²) < 4.78 is 35.2. The largest absolute Gasteiger partial charge is 0.491 e. The normalized spacial score (nSPS) is 13.9. The highest BCUT2D eigenvalue weighted by Gasteiger charge is 2.23. The molecule has 2 N–H and O–H groups in total. The first-order chi connectivity index (χ1) is 12.9. The topological polar surface area (TPSA) is 58.9 Å². The maximum atomic E-state index is 12.3. The Bertz CT molecular complexity index is 627. The van der Waals surface area contributed by atoms with Crippen molar-refractivity contribution in [2.45, 2.75) is 31.5 Å². The Morgan fingerprint density at radius 3 is 1.37 bits per heavy atom. The summed E-state index contributed by atoms with van der Waals surface area (Å²) in [6, 6.07) is 14.9. The van der Waals surface area contributed by atoms with Crippen LogP contribution >= 0.6 is 0 Å². The van der Waals surface area contributed by atoms with Gasteiger partial charge in [0.1, 0.15) is 50.3 Å². The molecule has 27 heavy (non-hydrogen) atoms. The number of aliphatic hydroxyl groups is 2. The molecule has 0 fully saturated rings. The van der Waals surface area contributed by atoms with E-state index in [1.807, 2.05) is 24.3 Å². The van der Waals surface area contributed by atoms with Crippen LogP contribution in [0.15, 0.2) is 48.5 Å². The van der Waals surface area contributed by atoms with Gasteiger partial charge in [-0.05, 0) is 35.4 Å². The molecule has 0 aromatic heterocycles. The van der Waals surface area contributed by atoms with E-state index in [0.29, 0.717) is 11.5 Å². The van der Waals surface area contributed by atoms with Gasteiger partial charge in [-0.25, -0.2) is 8.78 Å². The average molecular weight is 380 g/mol. The zero-order valence-electron chi connectivity index (χ0n) is 15.6. The van der Waals surface area contributed by atoms with Crippen LogP contribution in [0.4, 0.5) is 8.78 Å². The van der Waals surface area contributed by atoms with Crippen LogP contribution in [0.5, 0.6) is 11.5 Å². The van der Waals surface area contributed by atoms with Crippen molar-refractivity contribution >= 4 is 0 Å². The van der Waals surface area contributed by atoms with Gasteiger partial charge in [0.25, 0.3) is 0 Å². The van der Waals surface area contributed by atoms with Crippen molar-refractivity contribution in [3.05, 3.63) is 59.7 Å². The minimum Gasteiger partial charge on any atom is -0.491 e. The maximum absolute atomic E-state index is 12.3. The van der Waals surface area contributed by atoms with E-state index in [2.05, 4.69) is 13.8 Å². The molecule has 6 heteroatoms. The van der Waals surface area contributed by atoms with Crippen LogP contribution in [0.1, 0.15) is 25.0 Å². The summed E-state index contributed by atoms with van der Waals surface area (Å²) in [6.07, 6.45) is -2.24. The fourth-order valence-electron chi connectivity index (χ4n) is 2.58. The lowest BCUT2D eigenvalue weighted by molar-refractivity contribution is 0.0842. The van der Waals surface area contributed by atoms with Crippen LogP contribution in [0.2, 0.25) is 0 Å². The van der Waals surface area contributed by atoms with E-state index in [0.717, 1.165) is 11.1 Å². The van der Waals surface area contributed by atoms with Gasteiger partial charge in [-0.2, -0.15) is 0 Å². The third kappa shape index (κ3) is 5.91. The van der Waals surface area contributed by atoms with Crippen molar-refractivity contribution in [2.75, 3.05) is 26.6 Å². The smallest absolute Gasteiger partial charge is 0.119 e. The van der Waals surface area contributed by atoms with Gasteiger partial charge >= 0.3 is 0 Å². The number of aliphatic hydroxyl groups excluding tert-OH is 2. The minimum absolute atomic E-state index is 0.0855. The number of alkyl halides is 2. The van der Waals surface area contributed by atoms with Gasteiger partial charge < -0.3 is 19.7 Å². The molecule has 0 unspecified atom stereocenters. The molecule has 0 radical (unpaired) electrons. The summed E-state index contributed by atoms with van der Waals surface area (Å²) in [7, 11) is 0. The second kappa shape index (κ2) is 9.67. The summed E-state index contributed by atoms with van der Waals surface area (Å²) >= 11 is 0. The molecule has 0 aliphatic rings. The lowest BCUT2D eigenvalue weighted by Gasteiger charge is -2.26. The molecule has 148 valence electrons. The van der Waals surface area contributed by atoms with Crippen molar-refractivity contribution in [3.8, 4) is 11.5 Å². The van der Waals surface area contributed by atoms with E-state index < -0.39 is 25.6 Å². The number of hydrogen-bond acceptors (Lipinski definition) is 4. The zero-order chi connectivity index (χ0) is 19.9. The third-order valence-electron chi connectivity index (χ3n) is 4.39. The van der Waals surface area contributed by atoms with E-state index in [1.54, 1.807) is 24.3 Å². The number of benzene rings is 2. The average Bonchev–Trinajstić information content (AvgIpc) is 2.70. The molecule has 0 saturated carbocycles. The molecule has 4 nitrogen and oxygen atoms in total. The van der Waals surface area contributed by atoms with Gasteiger partial charge in [-0.1, -0.05) is 38.1 Å². The molecule has 0 amide bonds. The molecule has 0 spiro atoms. The number of halogens is 2. The summed E-state index contributed by atoms with van der Waals surface area (Å²) in [5.41, 5.74) is 1.83. The number of ether oxygens (including phenoxy) is 2. The van der Waals surface area contributed by atoms with Gasteiger partial charge in [0.2, 0.25) is 0 Å². The first kappa shape index (κ1) is 21.1. The van der Waals surface area contributed by atoms with Gasteiger partial charge in [0.05, 0.1) is 0 Å². The first-order valence-electron chi connectivity index (χ1n) is 8.81. The summed E-state index contributed by atoms with van der Waals surface area (Å²) in [5, 5.41) is 18.4. The van der Waals surface area contributed by atoms with Crippen molar-refractivity contribution in [1.29, 1.82) is 0 Å². The molecule has 2 aromatic rings. The summed E-state index contributed by atoms with van der Waals surface area (Å²) in [4.78, 5) is 0. The molecule has 0 bridgehead atoms. The molecule has 2 aromatic carbocycles. The molecule has 0 saturated heterocycles. The summed E-state index contributed by atoms with van der Waals surface area (Å²) in [6.45, 7) is 2.32. The lowest BCUT2D eigenvalue weighted by Crippen LogP contribution is -2.20. The monoisotopic (exact) mass is 380 g/mol. The molecule has 0 heterocycles. The third-order valence-corrected chi connectivity index (χ3v) is 4.39. The Kier molecular flexibility index (Phi) is 7.56. The minimum atomic E-state index is -1.12. The van der Waals surface area contributed by atoms with Crippen LogP contribution in [-0.2, 0) is 5.41 Å². The van der Waals surface area contributed by atoms with E-state index in [4.69, 9.17) is 9.47 Å².